The first kappa shape index (κ1) is 20.3. The lowest BCUT2D eigenvalue weighted by Crippen LogP contribution is -2.25. The van der Waals surface area contributed by atoms with Crippen LogP contribution in [-0.4, -0.2) is 39.1 Å². The Labute approximate surface area is 171 Å². The second-order valence-electron chi connectivity index (χ2n) is 6.12. The zero-order valence-corrected chi connectivity index (χ0v) is 16.3. The van der Waals surface area contributed by atoms with Crippen LogP contribution in [0.2, 0.25) is 0 Å². The van der Waals surface area contributed by atoms with Crippen LogP contribution in [0.15, 0.2) is 60.0 Å². The van der Waals surface area contributed by atoms with Crippen molar-refractivity contribution in [3.8, 4) is 0 Å². The SMILES string of the molecule is O=C(NCCCNc1ccc([N+](=O)[O-])cc1)c1ccc(CSc2ncn[nH]2)cc1. The van der Waals surface area contributed by atoms with Gasteiger partial charge in [-0.25, -0.2) is 4.98 Å². The number of hydrogen-bond acceptors (Lipinski definition) is 7. The van der Waals surface area contributed by atoms with Gasteiger partial charge in [-0.05, 0) is 36.2 Å². The molecule has 0 saturated heterocycles. The van der Waals surface area contributed by atoms with E-state index in [0.29, 0.717) is 18.7 Å². The molecule has 0 fully saturated rings. The molecule has 0 atom stereocenters. The molecule has 1 amide bonds. The third kappa shape index (κ3) is 6.32. The van der Waals surface area contributed by atoms with E-state index >= 15 is 0 Å². The highest BCUT2D eigenvalue weighted by atomic mass is 32.2. The summed E-state index contributed by atoms with van der Waals surface area (Å²) in [6.07, 6.45) is 2.20. The van der Waals surface area contributed by atoms with Crippen LogP contribution in [0.3, 0.4) is 0 Å². The number of aromatic amines is 1. The second-order valence-corrected chi connectivity index (χ2v) is 7.08. The summed E-state index contributed by atoms with van der Waals surface area (Å²) in [6, 6.07) is 13.7. The Morgan fingerprint density at radius 3 is 2.52 bits per heavy atom. The standard InChI is InChI=1S/C19H20N6O3S/c26-18(15-4-2-14(3-5-15)12-29-19-22-13-23-24-19)21-11-1-10-20-16-6-8-17(9-7-16)25(27)28/h2-9,13,20H,1,10-12H2,(H,21,26)(H,22,23,24). The fourth-order valence-electron chi connectivity index (χ4n) is 2.49. The van der Waals surface area contributed by atoms with Gasteiger partial charge in [-0.1, -0.05) is 23.9 Å². The van der Waals surface area contributed by atoms with Gasteiger partial charge in [0.15, 0.2) is 5.16 Å². The fraction of sp³-hybridized carbons (Fsp3) is 0.211. The van der Waals surface area contributed by atoms with E-state index in [1.807, 2.05) is 12.1 Å². The minimum absolute atomic E-state index is 0.0606. The molecule has 1 aromatic heterocycles. The zero-order valence-electron chi connectivity index (χ0n) is 15.5. The molecule has 0 radical (unpaired) electrons. The Morgan fingerprint density at radius 1 is 1.10 bits per heavy atom. The van der Waals surface area contributed by atoms with Gasteiger partial charge >= 0.3 is 0 Å². The molecule has 0 unspecified atom stereocenters. The van der Waals surface area contributed by atoms with Crippen molar-refractivity contribution >= 4 is 29.0 Å². The van der Waals surface area contributed by atoms with E-state index in [2.05, 4.69) is 25.8 Å². The van der Waals surface area contributed by atoms with Gasteiger partial charge in [0.2, 0.25) is 0 Å². The van der Waals surface area contributed by atoms with E-state index < -0.39 is 4.92 Å². The first-order valence-electron chi connectivity index (χ1n) is 8.95. The van der Waals surface area contributed by atoms with Gasteiger partial charge in [-0.3, -0.25) is 20.0 Å². The summed E-state index contributed by atoms with van der Waals surface area (Å²) >= 11 is 1.54. The van der Waals surface area contributed by atoms with Crippen molar-refractivity contribution in [3.63, 3.8) is 0 Å². The van der Waals surface area contributed by atoms with Gasteiger partial charge < -0.3 is 10.6 Å². The van der Waals surface area contributed by atoms with E-state index in [4.69, 9.17) is 0 Å². The number of nitrogens with one attached hydrogen (secondary N) is 3. The third-order valence-corrected chi connectivity index (χ3v) is 4.98. The molecule has 3 N–H and O–H groups in total. The number of nitro groups is 1. The van der Waals surface area contributed by atoms with Crippen molar-refractivity contribution in [2.75, 3.05) is 18.4 Å². The van der Waals surface area contributed by atoms with Crippen molar-refractivity contribution in [2.45, 2.75) is 17.3 Å². The molecule has 0 saturated carbocycles. The summed E-state index contributed by atoms with van der Waals surface area (Å²) in [5.74, 6) is 0.626. The Hall–Kier alpha value is -3.40. The Balaban J connectivity index is 1.35. The first-order chi connectivity index (χ1) is 14.1. The normalized spacial score (nSPS) is 10.5. The monoisotopic (exact) mass is 412 g/mol. The van der Waals surface area contributed by atoms with Crippen LogP contribution in [0.25, 0.3) is 0 Å². The molecule has 0 spiro atoms. The molecule has 0 aliphatic rings. The van der Waals surface area contributed by atoms with E-state index in [1.165, 1.54) is 18.5 Å². The van der Waals surface area contributed by atoms with Crippen LogP contribution >= 0.6 is 11.8 Å². The maximum absolute atomic E-state index is 12.2. The summed E-state index contributed by atoms with van der Waals surface area (Å²) in [4.78, 5) is 26.5. The minimum atomic E-state index is -0.429. The van der Waals surface area contributed by atoms with Crippen LogP contribution in [-0.2, 0) is 5.75 Å². The number of H-pyrrole nitrogens is 1. The predicted molar refractivity (Wildman–Crippen MR) is 111 cm³/mol. The fourth-order valence-corrected chi connectivity index (χ4v) is 3.23. The van der Waals surface area contributed by atoms with Gasteiger partial charge in [-0.2, -0.15) is 5.10 Å². The number of anilines is 1. The molecule has 10 heteroatoms. The number of nitro benzene ring substituents is 1. The van der Waals surface area contributed by atoms with Gasteiger partial charge in [0.25, 0.3) is 11.6 Å². The smallest absolute Gasteiger partial charge is 0.269 e. The Morgan fingerprint density at radius 2 is 1.86 bits per heavy atom. The molecule has 0 aliphatic heterocycles. The highest BCUT2D eigenvalue weighted by Gasteiger charge is 2.06. The minimum Gasteiger partial charge on any atom is -0.385 e. The van der Waals surface area contributed by atoms with E-state index in [0.717, 1.165) is 28.6 Å². The zero-order chi connectivity index (χ0) is 20.5. The summed E-state index contributed by atoms with van der Waals surface area (Å²) < 4.78 is 0. The summed E-state index contributed by atoms with van der Waals surface area (Å²) in [6.45, 7) is 1.18. The lowest BCUT2D eigenvalue weighted by Gasteiger charge is -2.08. The topological polar surface area (TPSA) is 126 Å². The Kier molecular flexibility index (Phi) is 7.17. The molecular formula is C19H20N6O3S. The lowest BCUT2D eigenvalue weighted by atomic mass is 10.1. The van der Waals surface area contributed by atoms with Crippen LogP contribution in [0.1, 0.15) is 22.3 Å². The second kappa shape index (κ2) is 10.2. The van der Waals surface area contributed by atoms with Crippen LogP contribution in [0, 0.1) is 10.1 Å². The summed E-state index contributed by atoms with van der Waals surface area (Å²) in [5, 5.41) is 24.0. The van der Waals surface area contributed by atoms with Crippen LogP contribution < -0.4 is 10.6 Å². The van der Waals surface area contributed by atoms with Gasteiger partial charge in [0, 0.05) is 42.2 Å². The Bertz CT molecular complexity index is 930. The molecule has 1 heterocycles. The summed E-state index contributed by atoms with van der Waals surface area (Å²) in [5.41, 5.74) is 2.57. The highest BCUT2D eigenvalue weighted by Crippen LogP contribution is 2.18. The van der Waals surface area contributed by atoms with Crippen molar-refractivity contribution in [2.24, 2.45) is 0 Å². The third-order valence-electron chi connectivity index (χ3n) is 4.03. The number of aromatic nitrogens is 3. The number of amides is 1. The van der Waals surface area contributed by atoms with E-state index in [9.17, 15) is 14.9 Å². The molecule has 0 aliphatic carbocycles. The molecular weight excluding hydrogens is 392 g/mol. The van der Waals surface area contributed by atoms with Gasteiger partial charge in [0.05, 0.1) is 4.92 Å². The summed E-state index contributed by atoms with van der Waals surface area (Å²) in [7, 11) is 0. The number of benzene rings is 2. The maximum atomic E-state index is 12.2. The number of rotatable bonds is 10. The molecule has 29 heavy (non-hydrogen) atoms. The average molecular weight is 412 g/mol. The van der Waals surface area contributed by atoms with Gasteiger partial charge in [0.1, 0.15) is 6.33 Å². The largest absolute Gasteiger partial charge is 0.385 e. The quantitative estimate of drug-likeness (QED) is 0.202. The molecule has 3 aromatic rings. The number of thioether (sulfide) groups is 1. The van der Waals surface area contributed by atoms with Crippen LogP contribution in [0.5, 0.6) is 0 Å². The maximum Gasteiger partial charge on any atom is 0.269 e. The van der Waals surface area contributed by atoms with Crippen molar-refractivity contribution in [1.29, 1.82) is 0 Å². The first-order valence-corrected chi connectivity index (χ1v) is 9.94. The highest BCUT2D eigenvalue weighted by molar-refractivity contribution is 7.98. The number of carbonyl (C=O) groups is 1. The van der Waals surface area contributed by atoms with Crippen LogP contribution in [0.4, 0.5) is 11.4 Å². The average Bonchev–Trinajstić information content (AvgIpc) is 3.26. The molecule has 9 nitrogen and oxygen atoms in total. The van der Waals surface area contributed by atoms with E-state index in [1.54, 1.807) is 36.0 Å². The lowest BCUT2D eigenvalue weighted by molar-refractivity contribution is -0.384. The predicted octanol–water partition coefficient (Wildman–Crippen LogP) is 3.24. The number of carbonyl (C=O) groups excluding carboxylic acids is 1. The molecule has 2 aromatic carbocycles. The number of nitrogens with zero attached hydrogens (tertiary/aromatic N) is 3. The van der Waals surface area contributed by atoms with Gasteiger partial charge in [-0.15, -0.1) is 0 Å². The number of non-ortho nitro benzene ring substituents is 1. The molecule has 3 rings (SSSR count). The molecule has 150 valence electrons. The van der Waals surface area contributed by atoms with Crippen molar-refractivity contribution in [1.82, 2.24) is 20.5 Å². The number of hydrogen-bond donors (Lipinski definition) is 3. The van der Waals surface area contributed by atoms with Crippen molar-refractivity contribution in [3.05, 3.63) is 76.1 Å². The molecule has 0 bridgehead atoms. The van der Waals surface area contributed by atoms with Crippen molar-refractivity contribution < 1.29 is 9.72 Å². The van der Waals surface area contributed by atoms with E-state index in [-0.39, 0.29) is 11.6 Å².